The molecule has 0 aromatic heterocycles. The molecule has 0 bridgehead atoms. The second-order valence-corrected chi connectivity index (χ2v) is 3.48. The Morgan fingerprint density at radius 1 is 0.750 bits per heavy atom. The molecule has 12 heavy (non-hydrogen) atoms. The molecule has 0 spiro atoms. The second-order valence-electron chi connectivity index (χ2n) is 1.60. The van der Waals surface area contributed by atoms with Crippen molar-refractivity contribution in [3.8, 4) is 0 Å². The molecule has 2 N–H and O–H groups in total. The Balaban J connectivity index is 0. The summed E-state index contributed by atoms with van der Waals surface area (Å²) < 4.78 is 31.9. The molecule has 0 saturated heterocycles. The maximum atomic E-state index is 8.82. The summed E-state index contributed by atoms with van der Waals surface area (Å²) in [6, 6.07) is 12.0. The van der Waals surface area contributed by atoms with Crippen molar-refractivity contribution in [1.82, 2.24) is 0 Å². The molecule has 64 valence electrons. The van der Waals surface area contributed by atoms with Crippen LogP contribution in [-0.2, 0) is 7.67 Å². The Morgan fingerprint density at radius 2 is 0.833 bits per heavy atom. The van der Waals surface area contributed by atoms with Crippen molar-refractivity contribution in [2.45, 2.75) is 0 Å². The van der Waals surface area contributed by atoms with E-state index in [4.69, 9.17) is 16.0 Å². The van der Waals surface area contributed by atoms with Crippen LogP contribution < -0.4 is 0 Å². The fourth-order valence-electron chi connectivity index (χ4n) is 0.385. The van der Waals surface area contributed by atoms with Crippen LogP contribution in [0.3, 0.4) is 0 Å². The third kappa shape index (κ3) is 22.5. The molecule has 0 amide bonds. The van der Waals surface area contributed by atoms with Gasteiger partial charge >= 0.3 is 59.0 Å². The summed E-state index contributed by atoms with van der Waals surface area (Å²) in [6.45, 7) is 0. The van der Waals surface area contributed by atoms with E-state index in [9.17, 15) is 0 Å². The molecule has 0 heterocycles. The van der Waals surface area contributed by atoms with Crippen LogP contribution in [0.2, 0.25) is 0 Å². The summed E-state index contributed by atoms with van der Waals surface area (Å²) >= 11 is -5.25. The Bertz CT molecular complexity index is 236. The Kier molecular flexibility index (Phi) is 9.70. The number of rotatable bonds is 0. The van der Waals surface area contributed by atoms with Crippen LogP contribution in [-0.4, -0.2) is 51.3 Å². The van der Waals surface area contributed by atoms with Crippen molar-refractivity contribution >= 4 is 42.9 Å². The predicted octanol–water partition coefficient (Wildman–Crippen LogP) is -0.694. The first kappa shape index (κ1) is 14.8. The van der Waals surface area contributed by atoms with Gasteiger partial charge in [0.15, 0.2) is 0 Å². The quantitative estimate of drug-likeness (QED) is 0.595. The van der Waals surface area contributed by atoms with Gasteiger partial charge in [-0.1, -0.05) is 36.4 Å². The first-order valence-electron chi connectivity index (χ1n) is 2.70. The van der Waals surface area contributed by atoms with Crippen LogP contribution in [0.25, 0.3) is 0 Å². The second kappa shape index (κ2) is 7.89. The summed E-state index contributed by atoms with van der Waals surface area (Å²) in [6.07, 6.45) is 0. The zero-order chi connectivity index (χ0) is 8.74. The number of benzene rings is 1. The molecule has 0 unspecified atom stereocenters. The van der Waals surface area contributed by atoms with Crippen molar-refractivity contribution in [1.29, 1.82) is 0 Å². The fraction of sp³-hybridized carbons (Fsp3) is 0. The van der Waals surface area contributed by atoms with Gasteiger partial charge in [-0.2, -0.15) is 0 Å². The normalized spacial score (nSPS) is 8.83. The summed E-state index contributed by atoms with van der Waals surface area (Å²) in [5.41, 5.74) is 0. The average Bonchev–Trinajstić information content (AvgIpc) is 1.88. The number of hydrogen-bond donors (Lipinski definition) is 2. The van der Waals surface area contributed by atoms with Crippen molar-refractivity contribution in [3.05, 3.63) is 36.4 Å². The van der Waals surface area contributed by atoms with Gasteiger partial charge in [-0.3, -0.25) is 0 Å². The molecule has 0 radical (unpaired) electrons. The van der Waals surface area contributed by atoms with Gasteiger partial charge in [0.05, 0.1) is 0 Å². The standard InChI is InChI=1S/C6H6.Na.H2O4Se.H/c1-2-4-6-5-3-1;;1-5(2,3)4;/h1-6H;;(H2,1,2,3,4);. The SMILES string of the molecule is O=[Se](=O)(O)O.[NaH].c1ccccc1. The van der Waals surface area contributed by atoms with Crippen LogP contribution in [0.5, 0.6) is 0 Å². The van der Waals surface area contributed by atoms with Gasteiger partial charge in [-0.15, -0.1) is 0 Å². The van der Waals surface area contributed by atoms with Crippen LogP contribution in [0.15, 0.2) is 36.4 Å². The van der Waals surface area contributed by atoms with E-state index in [1.807, 2.05) is 36.4 Å². The maximum absolute atomic E-state index is 8.82. The molecule has 0 atom stereocenters. The number of hydrogen-bond acceptors (Lipinski definition) is 2. The molecule has 0 saturated carbocycles. The van der Waals surface area contributed by atoms with Crippen molar-refractivity contribution in [2.75, 3.05) is 0 Å². The van der Waals surface area contributed by atoms with E-state index < -0.39 is 13.4 Å². The minimum absolute atomic E-state index is 0. The van der Waals surface area contributed by atoms with Crippen LogP contribution in [0.1, 0.15) is 0 Å². The van der Waals surface area contributed by atoms with Gasteiger partial charge in [-0.05, 0) is 0 Å². The zero-order valence-corrected chi connectivity index (χ0v) is 7.30. The van der Waals surface area contributed by atoms with Gasteiger partial charge in [0.1, 0.15) is 0 Å². The first-order chi connectivity index (χ1) is 5.00. The maximum Gasteiger partial charge on any atom is -0.0623 e. The van der Waals surface area contributed by atoms with Crippen molar-refractivity contribution in [3.63, 3.8) is 0 Å². The summed E-state index contributed by atoms with van der Waals surface area (Å²) in [4.78, 5) is 0. The Labute approximate surface area is 94.8 Å². The van der Waals surface area contributed by atoms with Gasteiger partial charge in [-0.25, -0.2) is 0 Å². The van der Waals surface area contributed by atoms with Gasteiger partial charge in [0.2, 0.25) is 0 Å². The molecular weight excluding hydrogens is 238 g/mol. The fourth-order valence-corrected chi connectivity index (χ4v) is 0.385. The minimum atomic E-state index is -5.25. The van der Waals surface area contributed by atoms with E-state index in [0.29, 0.717) is 0 Å². The molecule has 1 aromatic rings. The summed E-state index contributed by atoms with van der Waals surface area (Å²) in [5, 5.41) is 0. The van der Waals surface area contributed by atoms with E-state index >= 15 is 0 Å². The van der Waals surface area contributed by atoms with E-state index in [2.05, 4.69) is 0 Å². The molecule has 1 aromatic carbocycles. The molecule has 0 aliphatic carbocycles. The zero-order valence-electron chi connectivity index (χ0n) is 5.58. The van der Waals surface area contributed by atoms with Gasteiger partial charge < -0.3 is 0 Å². The van der Waals surface area contributed by atoms with Crippen molar-refractivity contribution < 1.29 is 16.0 Å². The average molecular weight is 247 g/mol. The third-order valence-electron chi connectivity index (χ3n) is 0.667. The molecule has 4 nitrogen and oxygen atoms in total. The summed E-state index contributed by atoms with van der Waals surface area (Å²) in [5.74, 6) is 0. The van der Waals surface area contributed by atoms with Gasteiger partial charge in [0.25, 0.3) is 0 Å². The minimum Gasteiger partial charge on any atom is -0.0623 e. The first-order valence-corrected chi connectivity index (χ1v) is 5.63. The molecular formula is C6H9NaO4Se. The van der Waals surface area contributed by atoms with Crippen molar-refractivity contribution in [2.24, 2.45) is 0 Å². The predicted molar refractivity (Wildman–Crippen MR) is 45.2 cm³/mol. The van der Waals surface area contributed by atoms with Crippen LogP contribution >= 0.6 is 0 Å². The monoisotopic (exact) mass is 248 g/mol. The van der Waals surface area contributed by atoms with Gasteiger partial charge in [0, 0.05) is 0 Å². The largest absolute Gasteiger partial charge is 0.0623 e. The molecule has 0 fully saturated rings. The Morgan fingerprint density at radius 3 is 0.917 bits per heavy atom. The molecule has 0 aliphatic rings. The van der Waals surface area contributed by atoms with E-state index in [0.717, 1.165) is 0 Å². The molecule has 0 aliphatic heterocycles. The van der Waals surface area contributed by atoms with E-state index in [-0.39, 0.29) is 29.6 Å². The summed E-state index contributed by atoms with van der Waals surface area (Å²) in [7, 11) is 0. The third-order valence-corrected chi connectivity index (χ3v) is 0.667. The smallest absolute Gasteiger partial charge is 0.0623 e. The molecule has 1 rings (SSSR count). The van der Waals surface area contributed by atoms with E-state index in [1.54, 1.807) is 0 Å². The van der Waals surface area contributed by atoms with Crippen LogP contribution in [0, 0.1) is 0 Å². The van der Waals surface area contributed by atoms with Crippen LogP contribution in [0.4, 0.5) is 0 Å². The topological polar surface area (TPSA) is 74.6 Å². The Hall–Kier alpha value is 0.259. The van der Waals surface area contributed by atoms with E-state index in [1.165, 1.54) is 0 Å². The molecule has 6 heteroatoms.